The highest BCUT2D eigenvalue weighted by molar-refractivity contribution is 9.11. The molecule has 0 aliphatic rings. The average molecular weight is 312 g/mol. The van der Waals surface area contributed by atoms with Gasteiger partial charge in [0, 0.05) is 12.6 Å². The summed E-state index contributed by atoms with van der Waals surface area (Å²) >= 11 is 5.16. The predicted molar refractivity (Wildman–Crippen MR) is 75.3 cm³/mol. The highest BCUT2D eigenvalue weighted by Crippen LogP contribution is 2.29. The van der Waals surface area contributed by atoms with Gasteiger partial charge in [-0.3, -0.25) is 0 Å². The zero-order valence-electron chi connectivity index (χ0n) is 9.61. The molecule has 90 valence electrons. The first kappa shape index (κ1) is 12.7. The number of aromatic nitrogens is 2. The van der Waals surface area contributed by atoms with Crippen LogP contribution in [-0.4, -0.2) is 23.6 Å². The zero-order valence-corrected chi connectivity index (χ0v) is 12.0. The van der Waals surface area contributed by atoms with Gasteiger partial charge in [-0.2, -0.15) is 0 Å². The molecule has 0 aromatic carbocycles. The van der Waals surface area contributed by atoms with Crippen molar-refractivity contribution in [1.29, 1.82) is 0 Å². The van der Waals surface area contributed by atoms with Crippen molar-refractivity contribution in [3.05, 3.63) is 34.0 Å². The first-order valence-electron chi connectivity index (χ1n) is 5.52. The van der Waals surface area contributed by atoms with Crippen molar-refractivity contribution >= 4 is 27.3 Å². The van der Waals surface area contributed by atoms with Crippen molar-refractivity contribution in [3.63, 3.8) is 0 Å². The van der Waals surface area contributed by atoms with Crippen molar-refractivity contribution in [3.8, 4) is 10.6 Å². The Morgan fingerprint density at radius 1 is 1.35 bits per heavy atom. The van der Waals surface area contributed by atoms with Gasteiger partial charge in [0.2, 0.25) is 0 Å². The molecule has 0 fully saturated rings. The van der Waals surface area contributed by atoms with Crippen LogP contribution in [0.2, 0.25) is 0 Å². The minimum absolute atomic E-state index is 0.918. The van der Waals surface area contributed by atoms with Crippen LogP contribution in [0.4, 0.5) is 0 Å². The van der Waals surface area contributed by atoms with E-state index in [0.717, 1.165) is 34.7 Å². The topological polar surface area (TPSA) is 37.8 Å². The molecule has 0 amide bonds. The van der Waals surface area contributed by atoms with Crippen molar-refractivity contribution in [2.45, 2.75) is 12.8 Å². The third-order valence-corrected chi connectivity index (χ3v) is 4.00. The largest absolute Gasteiger partial charge is 0.320 e. The van der Waals surface area contributed by atoms with Crippen molar-refractivity contribution in [2.24, 2.45) is 0 Å². The van der Waals surface area contributed by atoms with Crippen molar-refractivity contribution < 1.29 is 0 Å². The Morgan fingerprint density at radius 2 is 2.24 bits per heavy atom. The number of halogens is 1. The third-order valence-electron chi connectivity index (χ3n) is 2.36. The Hall–Kier alpha value is -0.780. The van der Waals surface area contributed by atoms with E-state index in [9.17, 15) is 0 Å². The summed E-state index contributed by atoms with van der Waals surface area (Å²) in [6.07, 6.45) is 3.82. The molecule has 2 aromatic rings. The Balaban J connectivity index is 2.11. The van der Waals surface area contributed by atoms with Gasteiger partial charge in [0.15, 0.2) is 0 Å². The lowest BCUT2D eigenvalue weighted by molar-refractivity contribution is 0.703. The molecule has 0 unspecified atom stereocenters. The Labute approximate surface area is 113 Å². The molecular formula is C12H14BrN3S. The van der Waals surface area contributed by atoms with Crippen LogP contribution in [0.15, 0.2) is 28.2 Å². The summed E-state index contributed by atoms with van der Waals surface area (Å²) in [6, 6.07) is 6.08. The molecule has 0 aliphatic carbocycles. The summed E-state index contributed by atoms with van der Waals surface area (Å²) < 4.78 is 1.13. The molecule has 0 saturated carbocycles. The lowest BCUT2D eigenvalue weighted by Gasteiger charge is -2.02. The first-order chi connectivity index (χ1) is 8.29. The van der Waals surface area contributed by atoms with Crippen LogP contribution in [0.1, 0.15) is 12.2 Å². The molecule has 5 heteroatoms. The van der Waals surface area contributed by atoms with Gasteiger partial charge in [-0.25, -0.2) is 9.97 Å². The summed E-state index contributed by atoms with van der Waals surface area (Å²) in [5.74, 6) is 0.919. The normalized spacial score (nSPS) is 10.7. The quantitative estimate of drug-likeness (QED) is 0.862. The molecule has 0 radical (unpaired) electrons. The van der Waals surface area contributed by atoms with Crippen LogP contribution in [-0.2, 0) is 6.42 Å². The second-order valence-electron chi connectivity index (χ2n) is 3.67. The maximum atomic E-state index is 4.58. The van der Waals surface area contributed by atoms with E-state index in [4.69, 9.17) is 0 Å². The van der Waals surface area contributed by atoms with Crippen LogP contribution in [0.25, 0.3) is 10.6 Å². The average Bonchev–Trinajstić information content (AvgIpc) is 2.77. The lowest BCUT2D eigenvalue weighted by Crippen LogP contribution is -2.09. The van der Waals surface area contributed by atoms with Gasteiger partial charge in [-0.1, -0.05) is 0 Å². The van der Waals surface area contributed by atoms with E-state index in [-0.39, 0.29) is 0 Å². The molecular weight excluding hydrogens is 298 g/mol. The monoisotopic (exact) mass is 311 g/mol. The van der Waals surface area contributed by atoms with Crippen LogP contribution >= 0.6 is 27.3 Å². The van der Waals surface area contributed by atoms with Crippen molar-refractivity contribution in [1.82, 2.24) is 15.3 Å². The smallest absolute Gasteiger partial charge is 0.129 e. The van der Waals surface area contributed by atoms with Gasteiger partial charge in [-0.05, 0) is 54.1 Å². The van der Waals surface area contributed by atoms with Crippen LogP contribution < -0.4 is 5.32 Å². The molecule has 1 N–H and O–H groups in total. The minimum Gasteiger partial charge on any atom is -0.320 e. The van der Waals surface area contributed by atoms with E-state index < -0.39 is 0 Å². The van der Waals surface area contributed by atoms with Gasteiger partial charge < -0.3 is 5.32 Å². The van der Waals surface area contributed by atoms with Crippen LogP contribution in [0, 0.1) is 0 Å². The molecule has 17 heavy (non-hydrogen) atoms. The predicted octanol–water partition coefficient (Wildman–Crippen LogP) is 3.12. The molecule has 2 heterocycles. The summed E-state index contributed by atoms with van der Waals surface area (Å²) in [6.45, 7) is 0.998. The third kappa shape index (κ3) is 3.59. The number of aryl methyl sites for hydroxylation is 1. The fraction of sp³-hybridized carbons (Fsp3) is 0.333. The van der Waals surface area contributed by atoms with Crippen LogP contribution in [0.3, 0.4) is 0 Å². The number of rotatable bonds is 5. The number of thiophene rings is 1. The van der Waals surface area contributed by atoms with E-state index in [1.807, 2.05) is 25.4 Å². The summed E-state index contributed by atoms with van der Waals surface area (Å²) in [4.78, 5) is 10.1. The number of nitrogens with one attached hydrogen (secondary N) is 1. The van der Waals surface area contributed by atoms with Gasteiger partial charge in [0.25, 0.3) is 0 Å². The molecule has 0 atom stereocenters. The summed E-state index contributed by atoms with van der Waals surface area (Å²) in [5.41, 5.74) is 1.01. The molecule has 0 aliphatic heterocycles. The second kappa shape index (κ2) is 6.23. The summed E-state index contributed by atoms with van der Waals surface area (Å²) in [5, 5.41) is 3.13. The van der Waals surface area contributed by atoms with Gasteiger partial charge >= 0.3 is 0 Å². The number of nitrogens with zero attached hydrogens (tertiary/aromatic N) is 2. The number of hydrogen-bond acceptors (Lipinski definition) is 4. The standard InChI is InChI=1S/C12H14BrN3S/c1-14-7-2-3-12-15-8-6-9(16-12)10-4-5-11(13)17-10/h4-6,8,14H,2-3,7H2,1H3. The van der Waals surface area contributed by atoms with Crippen LogP contribution in [0.5, 0.6) is 0 Å². The van der Waals surface area contributed by atoms with E-state index in [0.29, 0.717) is 0 Å². The maximum Gasteiger partial charge on any atom is 0.129 e. The molecule has 0 bridgehead atoms. The second-order valence-corrected chi connectivity index (χ2v) is 6.13. The minimum atomic E-state index is 0.918. The Bertz CT molecular complexity index is 484. The van der Waals surface area contributed by atoms with E-state index in [2.05, 4.69) is 37.3 Å². The molecule has 0 spiro atoms. The maximum absolute atomic E-state index is 4.58. The lowest BCUT2D eigenvalue weighted by atomic mass is 10.2. The first-order valence-corrected chi connectivity index (χ1v) is 7.13. The summed E-state index contributed by atoms with van der Waals surface area (Å²) in [7, 11) is 1.96. The van der Waals surface area contributed by atoms with E-state index in [1.54, 1.807) is 11.3 Å². The molecule has 3 nitrogen and oxygen atoms in total. The molecule has 0 saturated heterocycles. The van der Waals surface area contributed by atoms with Crippen molar-refractivity contribution in [2.75, 3.05) is 13.6 Å². The highest BCUT2D eigenvalue weighted by atomic mass is 79.9. The SMILES string of the molecule is CNCCCc1nccc(-c2ccc(Br)s2)n1. The Kier molecular flexibility index (Phi) is 4.65. The Morgan fingerprint density at radius 3 is 2.94 bits per heavy atom. The fourth-order valence-corrected chi connectivity index (χ4v) is 2.89. The molecule has 2 aromatic heterocycles. The van der Waals surface area contributed by atoms with Gasteiger partial charge in [-0.15, -0.1) is 11.3 Å². The van der Waals surface area contributed by atoms with E-state index >= 15 is 0 Å². The van der Waals surface area contributed by atoms with E-state index in [1.165, 1.54) is 4.88 Å². The molecule has 2 rings (SSSR count). The zero-order chi connectivity index (χ0) is 12.1. The number of hydrogen-bond donors (Lipinski definition) is 1. The highest BCUT2D eigenvalue weighted by Gasteiger charge is 2.04. The van der Waals surface area contributed by atoms with Gasteiger partial charge in [0.1, 0.15) is 5.82 Å². The fourth-order valence-electron chi connectivity index (χ4n) is 1.53. The van der Waals surface area contributed by atoms with Gasteiger partial charge in [0.05, 0.1) is 14.4 Å².